The zero-order valence-corrected chi connectivity index (χ0v) is 16.0. The van der Waals surface area contributed by atoms with Gasteiger partial charge < -0.3 is 0 Å². The van der Waals surface area contributed by atoms with Crippen LogP contribution in [0.1, 0.15) is 23.9 Å². The average molecular weight is 383 g/mol. The van der Waals surface area contributed by atoms with E-state index in [2.05, 4.69) is 5.10 Å². The first kappa shape index (κ1) is 17.9. The number of aryl methyl sites for hydroxylation is 1. The summed E-state index contributed by atoms with van der Waals surface area (Å²) in [6, 6.07) is 8.49. The first-order chi connectivity index (χ1) is 11.6. The van der Waals surface area contributed by atoms with Crippen molar-refractivity contribution in [1.29, 1.82) is 0 Å². The van der Waals surface area contributed by atoms with Crippen LogP contribution in [0.2, 0.25) is 0 Å². The Morgan fingerprint density at radius 3 is 2.40 bits per heavy atom. The Labute approximate surface area is 148 Å². The van der Waals surface area contributed by atoms with Gasteiger partial charge in [-0.1, -0.05) is 18.2 Å². The highest BCUT2D eigenvalue weighted by Crippen LogP contribution is 2.31. The van der Waals surface area contributed by atoms with Crippen LogP contribution in [0.4, 0.5) is 5.69 Å². The maximum Gasteiger partial charge on any atom is 0.267 e. The first-order valence-corrected chi connectivity index (χ1v) is 11.2. The maximum atomic E-state index is 13.1. The molecule has 0 bridgehead atoms. The van der Waals surface area contributed by atoms with Crippen molar-refractivity contribution in [3.63, 3.8) is 0 Å². The normalized spacial score (nSPS) is 19.9. The number of sulfonamides is 1. The van der Waals surface area contributed by atoms with Gasteiger partial charge in [-0.3, -0.25) is 8.99 Å². The largest absolute Gasteiger partial charge is 0.269 e. The molecule has 1 aliphatic heterocycles. The third-order valence-electron chi connectivity index (χ3n) is 4.55. The highest BCUT2D eigenvalue weighted by Gasteiger charge is 2.35. The molecule has 136 valence electrons. The molecule has 1 aromatic heterocycles. The molecule has 0 spiro atoms. The van der Waals surface area contributed by atoms with E-state index in [0.29, 0.717) is 23.5 Å². The Hall–Kier alpha value is -1.87. The Bertz CT molecular complexity index is 996. The Balaban J connectivity index is 2.03. The van der Waals surface area contributed by atoms with E-state index >= 15 is 0 Å². The van der Waals surface area contributed by atoms with Gasteiger partial charge in [0.15, 0.2) is 9.84 Å². The van der Waals surface area contributed by atoms with Crippen molar-refractivity contribution in [2.75, 3.05) is 22.9 Å². The van der Waals surface area contributed by atoms with E-state index in [0.717, 1.165) is 0 Å². The van der Waals surface area contributed by atoms with Crippen LogP contribution in [-0.2, 0) is 19.9 Å². The summed E-state index contributed by atoms with van der Waals surface area (Å²) in [6.07, 6.45) is 0.457. The maximum absolute atomic E-state index is 13.1. The number of anilines is 1. The number of nitrogens with zero attached hydrogens (tertiary/aromatic N) is 3. The minimum atomic E-state index is -3.79. The average Bonchev–Trinajstić information content (AvgIpc) is 3.06. The molecule has 0 saturated carbocycles. The van der Waals surface area contributed by atoms with Crippen molar-refractivity contribution < 1.29 is 16.8 Å². The fourth-order valence-corrected chi connectivity index (χ4v) is 6.50. The lowest BCUT2D eigenvalue weighted by atomic mass is 10.2. The smallest absolute Gasteiger partial charge is 0.267 e. The molecule has 2 aromatic rings. The van der Waals surface area contributed by atoms with E-state index in [-0.39, 0.29) is 22.4 Å². The second kappa shape index (κ2) is 6.14. The summed E-state index contributed by atoms with van der Waals surface area (Å²) < 4.78 is 52.4. The van der Waals surface area contributed by atoms with Crippen LogP contribution in [0.3, 0.4) is 0 Å². The molecule has 7 nitrogen and oxygen atoms in total. The van der Waals surface area contributed by atoms with Gasteiger partial charge in [0.25, 0.3) is 10.0 Å². The van der Waals surface area contributed by atoms with Gasteiger partial charge in [-0.05, 0) is 32.4 Å². The standard InChI is InChI=1S/C16H21N3O4S2/c1-12-16(25(22,23)18(3)14-7-5-4-6-8-14)13(2)19(17-12)15-9-10-24(20,21)11-15/h4-8,15H,9-11H2,1-3H3/t15-/m0/s1. The molecule has 1 saturated heterocycles. The minimum Gasteiger partial charge on any atom is -0.269 e. The van der Waals surface area contributed by atoms with Crippen molar-refractivity contribution in [3.8, 4) is 0 Å². The third kappa shape index (κ3) is 3.18. The second-order valence-electron chi connectivity index (χ2n) is 6.31. The fourth-order valence-electron chi connectivity index (χ4n) is 3.26. The lowest BCUT2D eigenvalue weighted by molar-refractivity contribution is 0.484. The lowest BCUT2D eigenvalue weighted by Gasteiger charge is -2.20. The van der Waals surface area contributed by atoms with Gasteiger partial charge in [-0.2, -0.15) is 5.10 Å². The predicted octanol–water partition coefficient (Wildman–Crippen LogP) is 1.68. The Morgan fingerprint density at radius 2 is 1.84 bits per heavy atom. The fraction of sp³-hybridized carbons (Fsp3) is 0.438. The molecule has 0 amide bonds. The molecular weight excluding hydrogens is 362 g/mol. The summed E-state index contributed by atoms with van der Waals surface area (Å²) in [4.78, 5) is 0.142. The molecule has 0 unspecified atom stereocenters. The number of rotatable bonds is 4. The Kier molecular flexibility index (Phi) is 4.40. The van der Waals surface area contributed by atoms with Crippen LogP contribution in [0.5, 0.6) is 0 Å². The number of aromatic nitrogens is 2. The van der Waals surface area contributed by atoms with Crippen LogP contribution in [-0.4, -0.2) is 45.2 Å². The van der Waals surface area contributed by atoms with Crippen molar-refractivity contribution in [3.05, 3.63) is 41.7 Å². The number of sulfone groups is 1. The Morgan fingerprint density at radius 1 is 1.20 bits per heavy atom. The van der Waals surface area contributed by atoms with E-state index in [1.807, 2.05) is 6.07 Å². The van der Waals surface area contributed by atoms with Crippen molar-refractivity contribution in [2.24, 2.45) is 0 Å². The summed E-state index contributed by atoms with van der Waals surface area (Å²) in [7, 11) is -5.37. The molecule has 25 heavy (non-hydrogen) atoms. The van der Waals surface area contributed by atoms with Crippen LogP contribution in [0.15, 0.2) is 35.2 Å². The number of hydrogen-bond acceptors (Lipinski definition) is 5. The molecule has 1 aliphatic rings. The van der Waals surface area contributed by atoms with E-state index in [9.17, 15) is 16.8 Å². The van der Waals surface area contributed by atoms with E-state index in [1.165, 1.54) is 11.4 Å². The lowest BCUT2D eigenvalue weighted by Crippen LogP contribution is -2.27. The molecule has 3 rings (SSSR count). The monoisotopic (exact) mass is 383 g/mol. The zero-order chi connectivity index (χ0) is 18.4. The molecule has 0 radical (unpaired) electrons. The summed E-state index contributed by atoms with van der Waals surface area (Å²) in [5.74, 6) is 0.116. The van der Waals surface area contributed by atoms with Crippen LogP contribution < -0.4 is 4.31 Å². The van der Waals surface area contributed by atoms with Crippen LogP contribution in [0.25, 0.3) is 0 Å². The highest BCUT2D eigenvalue weighted by atomic mass is 32.2. The summed E-state index contributed by atoms with van der Waals surface area (Å²) in [5.41, 5.74) is 1.41. The number of hydrogen-bond donors (Lipinski definition) is 0. The highest BCUT2D eigenvalue weighted by molar-refractivity contribution is 7.93. The van der Waals surface area contributed by atoms with Crippen molar-refractivity contribution in [1.82, 2.24) is 9.78 Å². The SMILES string of the molecule is Cc1nn([C@H]2CCS(=O)(=O)C2)c(C)c1S(=O)(=O)N(C)c1ccccc1. The van der Waals surface area contributed by atoms with Gasteiger partial charge in [0.2, 0.25) is 0 Å². The van der Waals surface area contributed by atoms with Gasteiger partial charge in [0.1, 0.15) is 4.90 Å². The van der Waals surface area contributed by atoms with Crippen molar-refractivity contribution in [2.45, 2.75) is 31.2 Å². The van der Waals surface area contributed by atoms with Gasteiger partial charge in [0.05, 0.1) is 34.6 Å². The zero-order valence-electron chi connectivity index (χ0n) is 14.4. The van der Waals surface area contributed by atoms with Gasteiger partial charge >= 0.3 is 0 Å². The van der Waals surface area contributed by atoms with Crippen LogP contribution in [0, 0.1) is 13.8 Å². The molecular formula is C16H21N3O4S2. The minimum absolute atomic E-state index is 0.00295. The van der Waals surface area contributed by atoms with Gasteiger partial charge in [-0.25, -0.2) is 16.8 Å². The number of benzene rings is 1. The first-order valence-electron chi connectivity index (χ1n) is 7.93. The number of para-hydroxylation sites is 1. The van der Waals surface area contributed by atoms with Gasteiger partial charge in [0, 0.05) is 7.05 Å². The molecule has 1 aromatic carbocycles. The second-order valence-corrected chi connectivity index (χ2v) is 10.4. The van der Waals surface area contributed by atoms with Crippen LogP contribution >= 0.6 is 0 Å². The van der Waals surface area contributed by atoms with Crippen molar-refractivity contribution >= 4 is 25.5 Å². The summed E-state index contributed by atoms with van der Waals surface area (Å²) in [5, 5.41) is 4.35. The van der Waals surface area contributed by atoms with E-state index < -0.39 is 19.9 Å². The molecule has 0 aliphatic carbocycles. The molecule has 9 heteroatoms. The topological polar surface area (TPSA) is 89.3 Å². The predicted molar refractivity (Wildman–Crippen MR) is 96.0 cm³/mol. The quantitative estimate of drug-likeness (QED) is 0.801. The van der Waals surface area contributed by atoms with Gasteiger partial charge in [-0.15, -0.1) is 0 Å². The van der Waals surface area contributed by atoms with E-state index in [1.54, 1.807) is 42.8 Å². The summed E-state index contributed by atoms with van der Waals surface area (Å²) >= 11 is 0. The summed E-state index contributed by atoms with van der Waals surface area (Å²) in [6.45, 7) is 3.31. The third-order valence-corrected chi connectivity index (χ3v) is 8.34. The van der Waals surface area contributed by atoms with E-state index in [4.69, 9.17) is 0 Å². The molecule has 1 atom stereocenters. The molecule has 1 fully saturated rings. The molecule has 2 heterocycles. The molecule has 0 N–H and O–H groups in total.